The molecule has 1 aromatic carbocycles. The van der Waals surface area contributed by atoms with Crippen molar-refractivity contribution in [2.45, 2.75) is 38.6 Å². The van der Waals surface area contributed by atoms with E-state index in [1.807, 2.05) is 0 Å². The highest BCUT2D eigenvalue weighted by molar-refractivity contribution is 5.37. The maximum atomic E-state index is 5.27. The topological polar surface area (TPSA) is 21.3 Å². The Labute approximate surface area is 104 Å². The molecule has 1 fully saturated rings. The Kier molecular flexibility index (Phi) is 4.06. The van der Waals surface area contributed by atoms with Crippen LogP contribution in [0.4, 0.5) is 0 Å². The van der Waals surface area contributed by atoms with Gasteiger partial charge in [0.1, 0.15) is 5.75 Å². The van der Waals surface area contributed by atoms with Crippen LogP contribution in [0.3, 0.4) is 0 Å². The molecular weight excluding hydrogens is 210 g/mol. The second-order valence-corrected chi connectivity index (χ2v) is 5.03. The SMILES string of the molecule is CNC(c1ccc(OC)cc1C)C1CCCC1. The molecule has 1 unspecified atom stereocenters. The highest BCUT2D eigenvalue weighted by atomic mass is 16.5. The zero-order valence-corrected chi connectivity index (χ0v) is 11.1. The number of hydrogen-bond acceptors (Lipinski definition) is 2. The summed E-state index contributed by atoms with van der Waals surface area (Å²) in [5, 5.41) is 3.50. The van der Waals surface area contributed by atoms with Crippen LogP contribution in [0, 0.1) is 12.8 Å². The first-order valence-corrected chi connectivity index (χ1v) is 6.58. The maximum absolute atomic E-state index is 5.27. The largest absolute Gasteiger partial charge is 0.497 e. The van der Waals surface area contributed by atoms with Crippen molar-refractivity contribution >= 4 is 0 Å². The van der Waals surface area contributed by atoms with Gasteiger partial charge in [-0.2, -0.15) is 0 Å². The molecule has 2 rings (SSSR count). The molecule has 0 spiro atoms. The summed E-state index contributed by atoms with van der Waals surface area (Å²) in [6.07, 6.45) is 5.49. The summed E-state index contributed by atoms with van der Waals surface area (Å²) in [5.74, 6) is 1.75. The molecule has 0 bridgehead atoms. The second-order valence-electron chi connectivity index (χ2n) is 5.03. The minimum Gasteiger partial charge on any atom is -0.497 e. The lowest BCUT2D eigenvalue weighted by Crippen LogP contribution is -2.24. The van der Waals surface area contributed by atoms with Crippen molar-refractivity contribution in [3.05, 3.63) is 29.3 Å². The standard InChI is InChI=1S/C15H23NO/c1-11-10-13(17-3)8-9-14(11)15(16-2)12-6-4-5-7-12/h8-10,12,15-16H,4-7H2,1-3H3. The first kappa shape index (κ1) is 12.4. The third-order valence-corrected chi connectivity index (χ3v) is 3.99. The number of hydrogen-bond donors (Lipinski definition) is 1. The average Bonchev–Trinajstić information content (AvgIpc) is 2.85. The summed E-state index contributed by atoms with van der Waals surface area (Å²) in [4.78, 5) is 0. The van der Waals surface area contributed by atoms with Gasteiger partial charge in [0, 0.05) is 6.04 Å². The van der Waals surface area contributed by atoms with Crippen molar-refractivity contribution < 1.29 is 4.74 Å². The van der Waals surface area contributed by atoms with Gasteiger partial charge in [0.2, 0.25) is 0 Å². The van der Waals surface area contributed by atoms with E-state index < -0.39 is 0 Å². The van der Waals surface area contributed by atoms with E-state index in [9.17, 15) is 0 Å². The summed E-state index contributed by atoms with van der Waals surface area (Å²) in [6.45, 7) is 2.18. The van der Waals surface area contributed by atoms with Crippen molar-refractivity contribution in [3.8, 4) is 5.75 Å². The van der Waals surface area contributed by atoms with E-state index in [4.69, 9.17) is 4.74 Å². The number of methoxy groups -OCH3 is 1. The fourth-order valence-corrected chi connectivity index (χ4v) is 3.06. The smallest absolute Gasteiger partial charge is 0.119 e. The van der Waals surface area contributed by atoms with Gasteiger partial charge in [0.15, 0.2) is 0 Å². The molecule has 0 radical (unpaired) electrons. The molecule has 0 saturated heterocycles. The van der Waals surface area contributed by atoms with Crippen molar-refractivity contribution in [2.75, 3.05) is 14.2 Å². The normalized spacial score (nSPS) is 18.3. The Morgan fingerprint density at radius 2 is 2.00 bits per heavy atom. The summed E-state index contributed by atoms with van der Waals surface area (Å²) in [7, 11) is 3.80. The lowest BCUT2D eigenvalue weighted by molar-refractivity contribution is 0.386. The maximum Gasteiger partial charge on any atom is 0.119 e. The summed E-state index contributed by atoms with van der Waals surface area (Å²) >= 11 is 0. The van der Waals surface area contributed by atoms with E-state index in [-0.39, 0.29) is 0 Å². The van der Waals surface area contributed by atoms with Crippen LogP contribution in [0.1, 0.15) is 42.9 Å². The molecule has 94 valence electrons. The molecule has 0 amide bonds. The molecule has 17 heavy (non-hydrogen) atoms. The molecule has 1 atom stereocenters. The first-order valence-electron chi connectivity index (χ1n) is 6.58. The molecule has 0 heterocycles. The van der Waals surface area contributed by atoms with Crippen LogP contribution in [-0.4, -0.2) is 14.2 Å². The Morgan fingerprint density at radius 1 is 1.29 bits per heavy atom. The lowest BCUT2D eigenvalue weighted by Gasteiger charge is -2.25. The van der Waals surface area contributed by atoms with E-state index >= 15 is 0 Å². The molecule has 2 nitrogen and oxygen atoms in total. The summed E-state index contributed by atoms with van der Waals surface area (Å²) in [5.41, 5.74) is 2.76. The molecule has 1 N–H and O–H groups in total. The van der Waals surface area contributed by atoms with Gasteiger partial charge in [-0.3, -0.25) is 0 Å². The van der Waals surface area contributed by atoms with Crippen LogP contribution < -0.4 is 10.1 Å². The van der Waals surface area contributed by atoms with Gasteiger partial charge in [-0.05, 0) is 56.0 Å². The molecule has 1 aromatic rings. The molecular formula is C15H23NO. The molecule has 0 aromatic heterocycles. The van der Waals surface area contributed by atoms with Crippen LogP contribution in [-0.2, 0) is 0 Å². The van der Waals surface area contributed by atoms with Gasteiger partial charge in [-0.25, -0.2) is 0 Å². The van der Waals surface area contributed by atoms with E-state index in [2.05, 4.69) is 37.5 Å². The predicted octanol–water partition coefficient (Wildman–Crippen LogP) is 3.45. The van der Waals surface area contributed by atoms with Gasteiger partial charge < -0.3 is 10.1 Å². The van der Waals surface area contributed by atoms with Gasteiger partial charge in [0.05, 0.1) is 7.11 Å². The molecule has 1 aliphatic rings. The van der Waals surface area contributed by atoms with Crippen molar-refractivity contribution in [1.29, 1.82) is 0 Å². The monoisotopic (exact) mass is 233 g/mol. The fourth-order valence-electron chi connectivity index (χ4n) is 3.06. The van der Waals surface area contributed by atoms with Crippen molar-refractivity contribution in [1.82, 2.24) is 5.32 Å². The second kappa shape index (κ2) is 5.54. The van der Waals surface area contributed by atoms with Crippen LogP contribution in [0.15, 0.2) is 18.2 Å². The zero-order chi connectivity index (χ0) is 12.3. The van der Waals surface area contributed by atoms with E-state index in [1.165, 1.54) is 36.8 Å². The van der Waals surface area contributed by atoms with E-state index in [0.717, 1.165) is 11.7 Å². The van der Waals surface area contributed by atoms with Crippen molar-refractivity contribution in [2.24, 2.45) is 5.92 Å². The number of nitrogens with one attached hydrogen (secondary N) is 1. The Morgan fingerprint density at radius 3 is 2.53 bits per heavy atom. The molecule has 0 aliphatic heterocycles. The average molecular weight is 233 g/mol. The molecule has 2 heteroatoms. The van der Waals surface area contributed by atoms with E-state index in [1.54, 1.807) is 7.11 Å². The van der Waals surface area contributed by atoms with Crippen LogP contribution in [0.2, 0.25) is 0 Å². The minimum absolute atomic E-state index is 0.503. The number of aryl methyl sites for hydroxylation is 1. The highest BCUT2D eigenvalue weighted by Gasteiger charge is 2.26. The highest BCUT2D eigenvalue weighted by Crippen LogP contribution is 2.37. The van der Waals surface area contributed by atoms with E-state index in [0.29, 0.717) is 6.04 Å². The minimum atomic E-state index is 0.503. The van der Waals surface area contributed by atoms with Crippen LogP contribution in [0.25, 0.3) is 0 Å². The lowest BCUT2D eigenvalue weighted by atomic mass is 9.89. The predicted molar refractivity (Wildman–Crippen MR) is 71.5 cm³/mol. The van der Waals surface area contributed by atoms with Crippen LogP contribution >= 0.6 is 0 Å². The summed E-state index contributed by atoms with van der Waals surface area (Å²) in [6, 6.07) is 6.92. The van der Waals surface area contributed by atoms with Gasteiger partial charge in [-0.1, -0.05) is 18.9 Å². The fraction of sp³-hybridized carbons (Fsp3) is 0.600. The Balaban J connectivity index is 2.23. The first-order chi connectivity index (χ1) is 8.26. The van der Waals surface area contributed by atoms with Crippen LogP contribution in [0.5, 0.6) is 5.75 Å². The third-order valence-electron chi connectivity index (χ3n) is 3.99. The van der Waals surface area contributed by atoms with Crippen molar-refractivity contribution in [3.63, 3.8) is 0 Å². The number of ether oxygens (including phenoxy) is 1. The number of rotatable bonds is 4. The Bertz CT molecular complexity index is 369. The van der Waals surface area contributed by atoms with Gasteiger partial charge >= 0.3 is 0 Å². The molecule has 1 aliphatic carbocycles. The molecule has 1 saturated carbocycles. The third kappa shape index (κ3) is 2.63. The number of benzene rings is 1. The Hall–Kier alpha value is -1.02. The van der Waals surface area contributed by atoms with Gasteiger partial charge in [0.25, 0.3) is 0 Å². The summed E-state index contributed by atoms with van der Waals surface area (Å²) < 4.78 is 5.27. The van der Waals surface area contributed by atoms with Gasteiger partial charge in [-0.15, -0.1) is 0 Å². The zero-order valence-electron chi connectivity index (χ0n) is 11.1. The quantitative estimate of drug-likeness (QED) is 0.860.